The molecule has 20 heavy (non-hydrogen) atoms. The molecule has 2 atom stereocenters. The van der Waals surface area contributed by atoms with Crippen molar-refractivity contribution in [1.82, 2.24) is 4.31 Å². The number of halogens is 2. The number of sulfonamides is 1. The van der Waals surface area contributed by atoms with Crippen LogP contribution in [0.3, 0.4) is 0 Å². The zero-order chi connectivity index (χ0) is 14.2. The van der Waals surface area contributed by atoms with Gasteiger partial charge in [0.2, 0.25) is 10.0 Å². The molecule has 1 aliphatic rings. The van der Waals surface area contributed by atoms with Crippen molar-refractivity contribution in [2.45, 2.75) is 43.7 Å². The van der Waals surface area contributed by atoms with E-state index < -0.39 is 10.0 Å². The van der Waals surface area contributed by atoms with Crippen molar-refractivity contribution < 1.29 is 8.42 Å². The van der Waals surface area contributed by atoms with Crippen molar-refractivity contribution in [3.05, 3.63) is 28.8 Å². The second-order valence-corrected chi connectivity index (χ2v) is 7.45. The van der Waals surface area contributed by atoms with Crippen molar-refractivity contribution in [3.63, 3.8) is 0 Å². The number of rotatable bonds is 2. The summed E-state index contributed by atoms with van der Waals surface area (Å²) in [6.45, 7) is 4.15. The van der Waals surface area contributed by atoms with Gasteiger partial charge in [-0.2, -0.15) is 4.31 Å². The SMILES string of the molecule is Cc1cc(Cl)ccc1S(=O)(=O)N1CCC(N)CC1C.Cl. The smallest absolute Gasteiger partial charge is 0.243 e. The van der Waals surface area contributed by atoms with E-state index >= 15 is 0 Å². The zero-order valence-corrected chi connectivity index (χ0v) is 13.9. The van der Waals surface area contributed by atoms with Gasteiger partial charge >= 0.3 is 0 Å². The Bertz CT molecular complexity index is 578. The van der Waals surface area contributed by atoms with E-state index in [1.807, 2.05) is 6.92 Å². The van der Waals surface area contributed by atoms with Gasteiger partial charge in [0, 0.05) is 23.7 Å². The number of hydrogen-bond donors (Lipinski definition) is 1. The number of hydrogen-bond acceptors (Lipinski definition) is 3. The third-order valence-corrected chi connectivity index (χ3v) is 5.99. The highest BCUT2D eigenvalue weighted by molar-refractivity contribution is 7.89. The predicted octanol–water partition coefficient (Wildman–Crippen LogP) is 2.57. The third-order valence-electron chi connectivity index (χ3n) is 3.58. The molecule has 4 nitrogen and oxygen atoms in total. The first kappa shape index (κ1) is 17.7. The Balaban J connectivity index is 0.00000200. The summed E-state index contributed by atoms with van der Waals surface area (Å²) >= 11 is 5.88. The number of piperidine rings is 1. The molecule has 0 spiro atoms. The topological polar surface area (TPSA) is 63.4 Å². The Hall–Kier alpha value is -0.330. The molecule has 0 aliphatic carbocycles. The summed E-state index contributed by atoms with van der Waals surface area (Å²) in [5.41, 5.74) is 6.56. The minimum Gasteiger partial charge on any atom is -0.328 e. The van der Waals surface area contributed by atoms with Crippen LogP contribution < -0.4 is 5.73 Å². The summed E-state index contributed by atoms with van der Waals surface area (Å²) in [6.07, 6.45) is 1.40. The number of nitrogens with zero attached hydrogens (tertiary/aromatic N) is 1. The fourth-order valence-corrected chi connectivity index (χ4v) is 4.66. The first-order valence-electron chi connectivity index (χ1n) is 6.36. The maximum absolute atomic E-state index is 12.7. The van der Waals surface area contributed by atoms with Crippen LogP contribution in [0.2, 0.25) is 5.02 Å². The molecule has 1 aromatic carbocycles. The van der Waals surface area contributed by atoms with Gasteiger partial charge in [-0.1, -0.05) is 11.6 Å². The van der Waals surface area contributed by atoms with E-state index in [0.29, 0.717) is 34.9 Å². The van der Waals surface area contributed by atoms with E-state index in [-0.39, 0.29) is 24.5 Å². The molecule has 1 fully saturated rings. The van der Waals surface area contributed by atoms with Crippen LogP contribution in [0.25, 0.3) is 0 Å². The van der Waals surface area contributed by atoms with Gasteiger partial charge in [-0.3, -0.25) is 0 Å². The number of aryl methyl sites for hydroxylation is 1. The molecule has 0 aromatic heterocycles. The van der Waals surface area contributed by atoms with Crippen molar-refractivity contribution in [1.29, 1.82) is 0 Å². The first-order chi connectivity index (χ1) is 8.82. The summed E-state index contributed by atoms with van der Waals surface area (Å²) in [7, 11) is -3.46. The molecule has 2 N–H and O–H groups in total. The lowest BCUT2D eigenvalue weighted by Crippen LogP contribution is -2.48. The van der Waals surface area contributed by atoms with Crippen LogP contribution in [0.15, 0.2) is 23.1 Å². The standard InChI is InChI=1S/C13H19ClN2O2S.ClH/c1-9-7-11(14)3-4-13(9)19(17,18)16-6-5-12(15)8-10(16)2;/h3-4,7,10,12H,5-6,8,15H2,1-2H3;1H. The fraction of sp³-hybridized carbons (Fsp3) is 0.538. The van der Waals surface area contributed by atoms with E-state index in [2.05, 4.69) is 0 Å². The van der Waals surface area contributed by atoms with Gasteiger partial charge in [-0.15, -0.1) is 12.4 Å². The lowest BCUT2D eigenvalue weighted by atomic mass is 10.0. The summed E-state index contributed by atoms with van der Waals surface area (Å²) in [5, 5.41) is 0.546. The Morgan fingerprint density at radius 2 is 2.05 bits per heavy atom. The second kappa shape index (κ2) is 6.62. The van der Waals surface area contributed by atoms with Crippen LogP contribution in [-0.4, -0.2) is 31.4 Å². The van der Waals surface area contributed by atoms with E-state index in [1.54, 1.807) is 29.4 Å². The summed E-state index contributed by atoms with van der Waals surface area (Å²) in [5.74, 6) is 0. The largest absolute Gasteiger partial charge is 0.328 e. The molecular weight excluding hydrogens is 319 g/mol. The van der Waals surface area contributed by atoms with Gasteiger partial charge in [0.15, 0.2) is 0 Å². The van der Waals surface area contributed by atoms with E-state index in [0.717, 1.165) is 0 Å². The van der Waals surface area contributed by atoms with Crippen molar-refractivity contribution in [2.75, 3.05) is 6.54 Å². The van der Waals surface area contributed by atoms with E-state index in [9.17, 15) is 8.42 Å². The minimum atomic E-state index is -3.46. The molecule has 7 heteroatoms. The monoisotopic (exact) mass is 338 g/mol. The fourth-order valence-electron chi connectivity index (χ4n) is 2.57. The van der Waals surface area contributed by atoms with Crippen molar-refractivity contribution >= 4 is 34.0 Å². The van der Waals surface area contributed by atoms with Crippen LogP contribution in [0.5, 0.6) is 0 Å². The number of benzene rings is 1. The molecule has 2 unspecified atom stereocenters. The average molecular weight is 339 g/mol. The molecule has 0 amide bonds. The highest BCUT2D eigenvalue weighted by atomic mass is 35.5. The first-order valence-corrected chi connectivity index (χ1v) is 8.17. The maximum Gasteiger partial charge on any atom is 0.243 e. The van der Waals surface area contributed by atoms with Crippen LogP contribution in [0.4, 0.5) is 0 Å². The van der Waals surface area contributed by atoms with Gasteiger partial charge in [0.05, 0.1) is 4.90 Å². The Morgan fingerprint density at radius 1 is 1.40 bits per heavy atom. The van der Waals surface area contributed by atoms with Gasteiger partial charge in [0.25, 0.3) is 0 Å². The second-order valence-electron chi connectivity index (χ2n) is 5.16. The van der Waals surface area contributed by atoms with Crippen LogP contribution >= 0.6 is 24.0 Å². The average Bonchev–Trinajstić information content (AvgIpc) is 2.27. The molecule has 0 saturated carbocycles. The molecule has 1 aliphatic heterocycles. The molecule has 1 heterocycles. The highest BCUT2D eigenvalue weighted by Gasteiger charge is 2.34. The lowest BCUT2D eigenvalue weighted by Gasteiger charge is -2.35. The summed E-state index contributed by atoms with van der Waals surface area (Å²) < 4.78 is 26.9. The van der Waals surface area contributed by atoms with E-state index in [1.165, 1.54) is 0 Å². The molecule has 114 valence electrons. The van der Waals surface area contributed by atoms with Crippen LogP contribution in [-0.2, 0) is 10.0 Å². The van der Waals surface area contributed by atoms with Gasteiger partial charge in [0.1, 0.15) is 0 Å². The van der Waals surface area contributed by atoms with Crippen molar-refractivity contribution in [3.8, 4) is 0 Å². The van der Waals surface area contributed by atoms with Crippen molar-refractivity contribution in [2.24, 2.45) is 5.73 Å². The molecule has 0 radical (unpaired) electrons. The highest BCUT2D eigenvalue weighted by Crippen LogP contribution is 2.27. The normalized spacial score (nSPS) is 24.2. The van der Waals surface area contributed by atoms with Gasteiger partial charge in [-0.05, 0) is 50.5 Å². The quantitative estimate of drug-likeness (QED) is 0.901. The lowest BCUT2D eigenvalue weighted by molar-refractivity contribution is 0.247. The zero-order valence-electron chi connectivity index (χ0n) is 11.5. The minimum absolute atomic E-state index is 0. The van der Waals surface area contributed by atoms with E-state index in [4.69, 9.17) is 17.3 Å². The predicted molar refractivity (Wildman–Crippen MR) is 84.0 cm³/mol. The van der Waals surface area contributed by atoms with Gasteiger partial charge in [-0.25, -0.2) is 8.42 Å². The Morgan fingerprint density at radius 3 is 2.60 bits per heavy atom. The van der Waals surface area contributed by atoms with Crippen LogP contribution in [0, 0.1) is 6.92 Å². The molecule has 2 rings (SSSR count). The summed E-state index contributed by atoms with van der Waals surface area (Å²) in [6, 6.07) is 4.89. The third kappa shape index (κ3) is 3.46. The molecule has 1 saturated heterocycles. The van der Waals surface area contributed by atoms with Crippen LogP contribution in [0.1, 0.15) is 25.3 Å². The summed E-state index contributed by atoms with van der Waals surface area (Å²) in [4.78, 5) is 0.333. The van der Waals surface area contributed by atoms with Gasteiger partial charge < -0.3 is 5.73 Å². The molecular formula is C13H20Cl2N2O2S. The Labute approximate surface area is 131 Å². The maximum atomic E-state index is 12.7. The Kier molecular flexibility index (Phi) is 5.87. The number of nitrogens with two attached hydrogens (primary N) is 1. The molecule has 0 bridgehead atoms. The molecule has 1 aromatic rings.